The van der Waals surface area contributed by atoms with Gasteiger partial charge in [-0.05, 0) is 18.6 Å². The van der Waals surface area contributed by atoms with Gasteiger partial charge >= 0.3 is 15.6 Å². The van der Waals surface area contributed by atoms with Crippen molar-refractivity contribution in [2.24, 2.45) is 11.5 Å². The number of hydrogen-bond acceptors (Lipinski definition) is 37. The van der Waals surface area contributed by atoms with E-state index in [4.69, 9.17) is 72.4 Å². The molecule has 500 valence electrons. The van der Waals surface area contributed by atoms with Crippen molar-refractivity contribution in [1.29, 1.82) is 0 Å². The summed E-state index contributed by atoms with van der Waals surface area (Å²) in [5.41, 5.74) is 11.6. The van der Waals surface area contributed by atoms with Crippen LogP contribution < -0.4 is 11.5 Å². The van der Waals surface area contributed by atoms with Crippen LogP contribution in [0.5, 0.6) is 0 Å². The Morgan fingerprint density at radius 1 is 0.388 bits per heavy atom. The highest BCUT2D eigenvalue weighted by Crippen LogP contribution is 2.48. The number of ether oxygens (including phenoxy) is 10. The van der Waals surface area contributed by atoms with Crippen molar-refractivity contribution in [3.8, 4) is 0 Å². The number of nitrogens with two attached hydrogens (primary N) is 2. The zero-order chi connectivity index (χ0) is 63.0. The van der Waals surface area contributed by atoms with E-state index in [9.17, 15) is 111 Å². The zero-order valence-corrected chi connectivity index (χ0v) is 47.7. The monoisotopic (exact) mass is 1310 g/mol. The molecule has 0 aromatic heterocycles. The van der Waals surface area contributed by atoms with E-state index >= 15 is 0 Å². The van der Waals surface area contributed by atoms with Crippen LogP contribution in [0.4, 0.5) is 0 Å². The van der Waals surface area contributed by atoms with Gasteiger partial charge < -0.3 is 161 Å². The summed E-state index contributed by atoms with van der Waals surface area (Å²) in [5.74, 6) is 0.609. The van der Waals surface area contributed by atoms with Gasteiger partial charge in [-0.15, -0.1) is 0 Å². The van der Waals surface area contributed by atoms with Crippen LogP contribution in [-0.4, -0.2) is 350 Å². The van der Waals surface area contributed by atoms with Crippen molar-refractivity contribution in [2.45, 2.75) is 216 Å². The van der Waals surface area contributed by atoms with Gasteiger partial charge in [0, 0.05) is 6.54 Å². The van der Waals surface area contributed by atoms with Crippen molar-refractivity contribution in [3.63, 3.8) is 0 Å². The molecule has 6 fully saturated rings. The molecule has 0 aromatic rings. The molecule has 24 N–H and O–H groups in total. The van der Waals surface area contributed by atoms with Crippen molar-refractivity contribution < 1.29 is 176 Å². The maximum atomic E-state index is 13.0. The van der Waals surface area contributed by atoms with Crippen molar-refractivity contribution >= 4 is 28.3 Å². The van der Waals surface area contributed by atoms with E-state index in [0.29, 0.717) is 18.6 Å². The average molecular weight is 1310 g/mol. The SMILES string of the molecule is NCCOP(=O)(O)OC[C@@H]1O[C@@H](O[C@@H]2[C@H](OC[C@@H]3O[C@@H](O[C@@H]4[C@H](O)[C@@H](N)[C@H](O[C@@H]5[C@@H](O)[C@H](O)[C@@H](O)[C@H](O)[C@@H]5OP(=O)(O)OCCCCCCS)O[C@H]4CO)[C@@H](O)[C@@H](O)[C@H]3O)O[C@@H](CO)[C@H](O)[C@@H]2O)[C@@H](O[C@@H]2O[C@@H](CO)[C@H](O)[C@H](O)[C@@H]2O)[C@@H](O)[C@H]1O. The molecule has 0 radical (unpaired) electrons. The Balaban J connectivity index is 1.18. The fraction of sp³-hybridized carbons (Fsp3) is 1.00. The van der Waals surface area contributed by atoms with E-state index in [0.717, 1.165) is 12.8 Å². The minimum Gasteiger partial charge on any atom is -0.394 e. The van der Waals surface area contributed by atoms with Crippen molar-refractivity contribution in [3.05, 3.63) is 0 Å². The lowest BCUT2D eigenvalue weighted by Crippen LogP contribution is -2.69. The quantitative estimate of drug-likeness (QED) is 0.0188. The molecule has 6 aliphatic rings. The van der Waals surface area contributed by atoms with Crippen LogP contribution in [0.25, 0.3) is 0 Å². The van der Waals surface area contributed by atoms with Gasteiger partial charge in [0.2, 0.25) is 0 Å². The molecular formula is C44H82N2O36P2S. The Morgan fingerprint density at radius 2 is 0.800 bits per heavy atom. The standard InChI is InChI=1S/C44H82N2O36P2S/c45-5-7-71-83(65,66)72-13-18-23(53)30(60)39(80-41-33(63)25(55)20(50)14(9-47)73-41)44(77-18)81-38-29(59)21(51)15(10-48)74-43(38)69-12-17-22(52)26(56)34(64)42(76-17)78-35-16(11-49)75-40(19(46)24(35)54)79-36-31(61)27(57)28(58)32(62)37(36)82-84(67,68)70-6-3-1-2-4-8-85/h14-44,47-64,85H,1-13,45-46H2,(H,65,66)(H,67,68)/t14-,15-,16-,17-,18-,19+,20-,21-,22-,23-,24+,25-,26-,27+,28+,29-,30-,31-,32-,33-,34-,35-,36+,37-,38-,39-,40-,41-,42-,43+,44-/m0/s1. The molecule has 33 atom stereocenters. The van der Waals surface area contributed by atoms with Crippen molar-refractivity contribution in [2.75, 3.05) is 58.5 Å². The lowest BCUT2D eigenvalue weighted by atomic mass is 9.84. The number of phosphoric acid groups is 2. The van der Waals surface area contributed by atoms with Gasteiger partial charge in [-0.25, -0.2) is 9.13 Å². The topological polar surface area (TPSA) is 620 Å². The maximum absolute atomic E-state index is 13.0. The predicted molar refractivity (Wildman–Crippen MR) is 272 cm³/mol. The third-order valence-corrected chi connectivity index (χ3v) is 17.2. The Morgan fingerprint density at radius 3 is 1.38 bits per heavy atom. The second kappa shape index (κ2) is 32.8. The van der Waals surface area contributed by atoms with E-state index in [-0.39, 0.29) is 13.2 Å². The molecule has 0 aromatic carbocycles. The summed E-state index contributed by atoms with van der Waals surface area (Å²) >= 11 is 4.12. The summed E-state index contributed by atoms with van der Waals surface area (Å²) in [7, 11) is -10.1. The molecule has 2 unspecified atom stereocenters. The van der Waals surface area contributed by atoms with E-state index < -0.39 is 245 Å². The maximum Gasteiger partial charge on any atom is 0.472 e. The summed E-state index contributed by atoms with van der Waals surface area (Å²) in [6, 6.07) is -1.84. The van der Waals surface area contributed by atoms with Gasteiger partial charge in [0.05, 0.1) is 52.3 Å². The second-order valence-corrected chi connectivity index (χ2v) is 24.1. The highest BCUT2D eigenvalue weighted by molar-refractivity contribution is 7.80. The fourth-order valence-electron chi connectivity index (χ4n) is 9.93. The van der Waals surface area contributed by atoms with E-state index in [2.05, 4.69) is 17.2 Å². The van der Waals surface area contributed by atoms with Gasteiger partial charge in [0.1, 0.15) is 153 Å². The first-order valence-corrected chi connectivity index (χ1v) is 30.6. The third kappa shape index (κ3) is 17.9. The molecule has 1 aliphatic carbocycles. The fourth-order valence-corrected chi connectivity index (χ4v) is 11.9. The zero-order valence-electron chi connectivity index (χ0n) is 45.1. The van der Waals surface area contributed by atoms with E-state index in [1.54, 1.807) is 0 Å². The number of rotatable bonds is 29. The van der Waals surface area contributed by atoms with Crippen LogP contribution in [0, 0.1) is 0 Å². The third-order valence-electron chi connectivity index (χ3n) is 14.9. The Labute approximate surface area is 489 Å². The number of unbranched alkanes of at least 4 members (excludes halogenated alkanes) is 3. The number of aliphatic hydroxyl groups excluding tert-OH is 18. The second-order valence-electron chi connectivity index (χ2n) is 20.8. The van der Waals surface area contributed by atoms with Crippen LogP contribution >= 0.6 is 28.3 Å². The summed E-state index contributed by atoms with van der Waals surface area (Å²) in [4.78, 5) is 20.7. The van der Waals surface area contributed by atoms with Gasteiger partial charge in [0.25, 0.3) is 0 Å². The summed E-state index contributed by atoms with van der Waals surface area (Å²) in [6.45, 7) is -6.19. The molecule has 5 aliphatic heterocycles. The number of hydrogen-bond donors (Lipinski definition) is 23. The summed E-state index contributed by atoms with van der Waals surface area (Å²) < 4.78 is 103. The molecule has 5 heterocycles. The molecule has 0 amide bonds. The Bertz CT molecular complexity index is 2090. The van der Waals surface area contributed by atoms with Gasteiger partial charge in [0.15, 0.2) is 31.5 Å². The first-order valence-electron chi connectivity index (χ1n) is 27.0. The number of thiol groups is 1. The van der Waals surface area contributed by atoms with Crippen molar-refractivity contribution in [1.82, 2.24) is 0 Å². The van der Waals surface area contributed by atoms with Crippen LogP contribution in [-0.2, 0) is 74.6 Å². The largest absolute Gasteiger partial charge is 0.472 e. The lowest BCUT2D eigenvalue weighted by Gasteiger charge is -2.49. The minimum atomic E-state index is -5.13. The highest BCUT2D eigenvalue weighted by Gasteiger charge is 2.58. The van der Waals surface area contributed by atoms with Crippen LogP contribution in [0.15, 0.2) is 0 Å². The Hall–Kier alpha value is -0.630. The molecule has 6 rings (SSSR count). The Kier molecular flexibility index (Phi) is 28.3. The van der Waals surface area contributed by atoms with E-state index in [1.165, 1.54) is 0 Å². The highest BCUT2D eigenvalue weighted by atomic mass is 32.1. The smallest absolute Gasteiger partial charge is 0.394 e. The number of aliphatic hydroxyl groups is 18. The molecule has 38 nitrogen and oxygen atoms in total. The van der Waals surface area contributed by atoms with Gasteiger partial charge in [-0.2, -0.15) is 12.6 Å². The lowest BCUT2D eigenvalue weighted by molar-refractivity contribution is -0.396. The van der Waals surface area contributed by atoms with Gasteiger partial charge in [-0.3, -0.25) is 18.1 Å². The molecule has 85 heavy (non-hydrogen) atoms. The van der Waals surface area contributed by atoms with Gasteiger partial charge in [-0.1, -0.05) is 12.8 Å². The molecule has 0 spiro atoms. The van der Waals surface area contributed by atoms with Crippen LogP contribution in [0.2, 0.25) is 0 Å². The predicted octanol–water partition coefficient (Wildman–Crippen LogP) is -12.0. The van der Waals surface area contributed by atoms with Crippen LogP contribution in [0.3, 0.4) is 0 Å². The summed E-state index contributed by atoms with van der Waals surface area (Å²) in [6.07, 6.45) is -59.9. The molecule has 1 saturated carbocycles. The minimum absolute atomic E-state index is 0.237. The molecule has 5 saturated heterocycles. The number of phosphoric ester groups is 2. The molecular weight excluding hydrogens is 1230 g/mol. The average Bonchev–Trinajstić information content (AvgIpc) is 1.89. The van der Waals surface area contributed by atoms with Crippen LogP contribution in [0.1, 0.15) is 25.7 Å². The molecule has 41 heteroatoms. The van der Waals surface area contributed by atoms with E-state index in [1.807, 2.05) is 0 Å². The first kappa shape index (κ1) is 73.4. The summed E-state index contributed by atoms with van der Waals surface area (Å²) in [5, 5.41) is 195. The normalized spacial score (nSPS) is 47.0. The molecule has 0 bridgehead atoms. The first-order chi connectivity index (χ1) is 40.1.